The van der Waals surface area contributed by atoms with Crippen molar-refractivity contribution in [3.8, 4) is 0 Å². The van der Waals surface area contributed by atoms with Crippen LogP contribution in [0.1, 0.15) is 37.6 Å². The Kier molecular flexibility index (Phi) is 4.43. The normalized spacial score (nSPS) is 25.1. The van der Waals surface area contributed by atoms with Crippen molar-refractivity contribution in [3.05, 3.63) is 15.9 Å². The van der Waals surface area contributed by atoms with E-state index in [9.17, 15) is 4.39 Å². The van der Waals surface area contributed by atoms with E-state index in [-0.39, 0.29) is 0 Å². The van der Waals surface area contributed by atoms with E-state index in [1.807, 2.05) is 18.5 Å². The van der Waals surface area contributed by atoms with Crippen LogP contribution in [-0.4, -0.2) is 28.5 Å². The molecule has 1 aromatic heterocycles. The van der Waals surface area contributed by atoms with Gasteiger partial charge in [0.2, 0.25) is 0 Å². The van der Waals surface area contributed by atoms with Crippen molar-refractivity contribution in [2.75, 3.05) is 13.1 Å². The van der Waals surface area contributed by atoms with Crippen molar-refractivity contribution in [1.82, 2.24) is 15.1 Å². The van der Waals surface area contributed by atoms with Gasteiger partial charge in [0.25, 0.3) is 0 Å². The first kappa shape index (κ1) is 14.0. The van der Waals surface area contributed by atoms with E-state index in [2.05, 4.69) is 26.3 Å². The number of aromatic nitrogens is 2. The molecular formula is C13H21BrFN3. The second kappa shape index (κ2) is 5.70. The van der Waals surface area contributed by atoms with E-state index in [0.717, 1.165) is 41.9 Å². The van der Waals surface area contributed by atoms with Gasteiger partial charge in [-0.25, -0.2) is 4.39 Å². The van der Waals surface area contributed by atoms with Crippen LogP contribution in [0.25, 0.3) is 0 Å². The van der Waals surface area contributed by atoms with E-state index < -0.39 is 5.67 Å². The molecule has 1 N–H and O–H groups in total. The molecule has 0 spiro atoms. The van der Waals surface area contributed by atoms with Gasteiger partial charge in [-0.1, -0.05) is 0 Å². The topological polar surface area (TPSA) is 29.9 Å². The molecule has 3 nitrogen and oxygen atoms in total. The number of rotatable bonds is 3. The molecule has 1 aromatic rings. The number of hydrogen-bond acceptors (Lipinski definition) is 2. The fourth-order valence-corrected chi connectivity index (χ4v) is 3.03. The van der Waals surface area contributed by atoms with Gasteiger partial charge in [0, 0.05) is 13.0 Å². The number of aryl methyl sites for hydroxylation is 2. The summed E-state index contributed by atoms with van der Waals surface area (Å²) in [5.41, 5.74) is 0.854. The van der Waals surface area contributed by atoms with Gasteiger partial charge in [0.15, 0.2) is 0 Å². The predicted octanol–water partition coefficient (Wildman–Crippen LogP) is 3.00. The third-order valence-corrected chi connectivity index (χ3v) is 4.70. The third kappa shape index (κ3) is 2.94. The SMILES string of the molecule is CCn1nc(C)c(Br)c1CC1(F)CCCNCC1. The van der Waals surface area contributed by atoms with E-state index in [1.54, 1.807) is 0 Å². The molecule has 1 saturated heterocycles. The van der Waals surface area contributed by atoms with Crippen LogP contribution in [0.2, 0.25) is 0 Å². The summed E-state index contributed by atoms with van der Waals surface area (Å²) in [7, 11) is 0. The van der Waals surface area contributed by atoms with Crippen molar-refractivity contribution < 1.29 is 4.39 Å². The summed E-state index contributed by atoms with van der Waals surface area (Å²) in [6.45, 7) is 6.49. The largest absolute Gasteiger partial charge is 0.317 e. The van der Waals surface area contributed by atoms with Gasteiger partial charge < -0.3 is 5.32 Å². The average Bonchev–Trinajstić information content (AvgIpc) is 2.54. The highest BCUT2D eigenvalue weighted by Gasteiger charge is 2.33. The van der Waals surface area contributed by atoms with Crippen LogP contribution in [0.15, 0.2) is 4.47 Å². The molecule has 102 valence electrons. The van der Waals surface area contributed by atoms with E-state index in [4.69, 9.17) is 0 Å². The Morgan fingerprint density at radius 1 is 1.44 bits per heavy atom. The predicted molar refractivity (Wildman–Crippen MR) is 74.6 cm³/mol. The molecule has 0 bridgehead atoms. The number of alkyl halides is 1. The molecule has 5 heteroatoms. The molecule has 1 aliphatic rings. The van der Waals surface area contributed by atoms with Crippen molar-refractivity contribution in [3.63, 3.8) is 0 Å². The van der Waals surface area contributed by atoms with E-state index >= 15 is 0 Å². The fraction of sp³-hybridized carbons (Fsp3) is 0.769. The maximum Gasteiger partial charge on any atom is 0.117 e. The van der Waals surface area contributed by atoms with Crippen molar-refractivity contribution in [2.45, 2.75) is 51.7 Å². The highest BCUT2D eigenvalue weighted by atomic mass is 79.9. The Morgan fingerprint density at radius 2 is 2.22 bits per heavy atom. The van der Waals surface area contributed by atoms with Crippen LogP contribution in [0.4, 0.5) is 4.39 Å². The number of nitrogens with zero attached hydrogens (tertiary/aromatic N) is 2. The molecule has 1 fully saturated rings. The lowest BCUT2D eigenvalue weighted by Crippen LogP contribution is -2.29. The standard InChI is InChI=1S/C13H21BrFN3/c1-3-18-11(12(14)10(2)17-18)9-13(15)5-4-7-16-8-6-13/h16H,3-9H2,1-2H3. The molecule has 1 atom stereocenters. The average molecular weight is 318 g/mol. The van der Waals surface area contributed by atoms with E-state index in [1.165, 1.54) is 0 Å². The van der Waals surface area contributed by atoms with Crippen molar-refractivity contribution in [2.24, 2.45) is 0 Å². The molecule has 1 unspecified atom stereocenters. The minimum atomic E-state index is -1.09. The zero-order valence-electron chi connectivity index (χ0n) is 11.1. The minimum absolute atomic E-state index is 0.462. The van der Waals surface area contributed by atoms with Crippen LogP contribution in [0.5, 0.6) is 0 Å². The van der Waals surface area contributed by atoms with Crippen LogP contribution in [0, 0.1) is 6.92 Å². The van der Waals surface area contributed by atoms with Gasteiger partial charge >= 0.3 is 0 Å². The lowest BCUT2D eigenvalue weighted by Gasteiger charge is -2.23. The van der Waals surface area contributed by atoms with Gasteiger partial charge in [-0.2, -0.15) is 5.10 Å². The molecule has 0 aromatic carbocycles. The summed E-state index contributed by atoms with van der Waals surface area (Å²) in [6, 6.07) is 0. The Morgan fingerprint density at radius 3 is 2.94 bits per heavy atom. The monoisotopic (exact) mass is 317 g/mol. The Labute approximate surface area is 116 Å². The molecular weight excluding hydrogens is 297 g/mol. The lowest BCUT2D eigenvalue weighted by atomic mass is 9.91. The number of halogens is 2. The van der Waals surface area contributed by atoms with Gasteiger partial charge in [-0.05, 0) is 62.1 Å². The maximum absolute atomic E-state index is 14.9. The quantitative estimate of drug-likeness (QED) is 0.928. The van der Waals surface area contributed by atoms with Crippen LogP contribution < -0.4 is 5.32 Å². The first-order chi connectivity index (χ1) is 8.56. The molecule has 0 amide bonds. The third-order valence-electron chi connectivity index (χ3n) is 3.67. The summed E-state index contributed by atoms with van der Waals surface area (Å²) in [4.78, 5) is 0. The summed E-state index contributed by atoms with van der Waals surface area (Å²) in [6.07, 6.45) is 2.60. The highest BCUT2D eigenvalue weighted by molar-refractivity contribution is 9.10. The Bertz CT molecular complexity index is 409. The summed E-state index contributed by atoms with van der Waals surface area (Å²) in [5.74, 6) is 0. The highest BCUT2D eigenvalue weighted by Crippen LogP contribution is 2.32. The minimum Gasteiger partial charge on any atom is -0.317 e. The Balaban J connectivity index is 2.21. The number of nitrogens with one attached hydrogen (secondary N) is 1. The Hall–Kier alpha value is -0.420. The zero-order valence-corrected chi connectivity index (χ0v) is 12.7. The second-order valence-electron chi connectivity index (χ2n) is 5.09. The molecule has 18 heavy (non-hydrogen) atoms. The van der Waals surface area contributed by atoms with Crippen LogP contribution in [-0.2, 0) is 13.0 Å². The number of hydrogen-bond donors (Lipinski definition) is 1. The molecule has 0 aliphatic carbocycles. The smallest absolute Gasteiger partial charge is 0.117 e. The van der Waals surface area contributed by atoms with Crippen LogP contribution in [0.3, 0.4) is 0 Å². The molecule has 1 aliphatic heterocycles. The lowest BCUT2D eigenvalue weighted by molar-refractivity contribution is 0.141. The van der Waals surface area contributed by atoms with Gasteiger partial charge in [-0.3, -0.25) is 4.68 Å². The summed E-state index contributed by atoms with van der Waals surface area (Å²) in [5, 5.41) is 7.70. The van der Waals surface area contributed by atoms with Crippen molar-refractivity contribution >= 4 is 15.9 Å². The molecule has 0 saturated carbocycles. The second-order valence-corrected chi connectivity index (χ2v) is 5.89. The molecule has 0 radical (unpaired) electrons. The van der Waals surface area contributed by atoms with Gasteiger partial charge in [0.05, 0.1) is 15.9 Å². The van der Waals surface area contributed by atoms with E-state index in [0.29, 0.717) is 19.3 Å². The fourth-order valence-electron chi connectivity index (χ4n) is 2.61. The van der Waals surface area contributed by atoms with Gasteiger partial charge in [0.1, 0.15) is 5.67 Å². The first-order valence-electron chi connectivity index (χ1n) is 6.67. The summed E-state index contributed by atoms with van der Waals surface area (Å²) < 4.78 is 17.8. The maximum atomic E-state index is 14.9. The molecule has 2 rings (SSSR count). The summed E-state index contributed by atoms with van der Waals surface area (Å²) >= 11 is 3.55. The first-order valence-corrected chi connectivity index (χ1v) is 7.46. The van der Waals surface area contributed by atoms with Crippen molar-refractivity contribution in [1.29, 1.82) is 0 Å². The van der Waals surface area contributed by atoms with Crippen LogP contribution >= 0.6 is 15.9 Å². The molecule has 2 heterocycles. The van der Waals surface area contributed by atoms with Gasteiger partial charge in [-0.15, -0.1) is 0 Å². The zero-order chi connectivity index (χ0) is 13.2.